The van der Waals surface area contributed by atoms with E-state index in [1.165, 1.54) is 5.56 Å². The largest absolute Gasteiger partial charge is 0.392 e. The van der Waals surface area contributed by atoms with Crippen molar-refractivity contribution in [1.82, 2.24) is 4.98 Å². The smallest absolute Gasteiger partial charge is 0.0705 e. The van der Waals surface area contributed by atoms with Crippen LogP contribution in [-0.2, 0) is 6.61 Å². The Bertz CT molecular complexity index is 529. The second-order valence-corrected chi connectivity index (χ2v) is 4.95. The van der Waals surface area contributed by atoms with E-state index in [0.29, 0.717) is 5.92 Å². The predicted molar refractivity (Wildman–Crippen MR) is 74.4 cm³/mol. The second-order valence-electron chi connectivity index (χ2n) is 4.95. The zero-order chi connectivity index (χ0) is 13.1. The molecule has 0 saturated carbocycles. The average molecular weight is 241 g/mol. The molecule has 2 heteroatoms. The fourth-order valence-corrected chi connectivity index (χ4v) is 2.01. The Morgan fingerprint density at radius 1 is 1.17 bits per heavy atom. The normalized spacial score (nSPS) is 10.9. The van der Waals surface area contributed by atoms with Crippen LogP contribution in [-0.4, -0.2) is 10.1 Å². The van der Waals surface area contributed by atoms with Crippen LogP contribution in [0.2, 0.25) is 0 Å². The van der Waals surface area contributed by atoms with E-state index in [0.717, 1.165) is 22.4 Å². The van der Waals surface area contributed by atoms with Gasteiger partial charge in [0.2, 0.25) is 0 Å². The van der Waals surface area contributed by atoms with Gasteiger partial charge in [0, 0.05) is 11.8 Å². The lowest BCUT2D eigenvalue weighted by atomic mass is 10.00. The van der Waals surface area contributed by atoms with Gasteiger partial charge in [-0.05, 0) is 30.0 Å². The third-order valence-electron chi connectivity index (χ3n) is 3.16. The summed E-state index contributed by atoms with van der Waals surface area (Å²) in [5.74, 6) is 0.488. The number of aromatic nitrogens is 1. The molecule has 2 nitrogen and oxygen atoms in total. The molecule has 94 valence electrons. The summed E-state index contributed by atoms with van der Waals surface area (Å²) in [5.41, 5.74) is 5.25. The van der Waals surface area contributed by atoms with Crippen molar-refractivity contribution in [2.45, 2.75) is 33.3 Å². The second kappa shape index (κ2) is 5.32. The molecule has 0 radical (unpaired) electrons. The van der Waals surface area contributed by atoms with Crippen molar-refractivity contribution < 1.29 is 5.11 Å². The molecule has 0 fully saturated rings. The van der Waals surface area contributed by atoms with Crippen molar-refractivity contribution in [1.29, 1.82) is 0 Å². The minimum atomic E-state index is 0.0463. The predicted octanol–water partition coefficient (Wildman–Crippen LogP) is 3.67. The van der Waals surface area contributed by atoms with Crippen LogP contribution in [0.5, 0.6) is 0 Å². The van der Waals surface area contributed by atoms with Gasteiger partial charge in [-0.2, -0.15) is 0 Å². The molecule has 0 aliphatic carbocycles. The summed E-state index contributed by atoms with van der Waals surface area (Å²) in [6, 6.07) is 10.2. The van der Waals surface area contributed by atoms with Gasteiger partial charge in [0.15, 0.2) is 0 Å². The lowest BCUT2D eigenvalue weighted by Gasteiger charge is -2.10. The molecule has 0 aliphatic rings. The molecule has 2 aromatic rings. The molecule has 0 unspecified atom stereocenters. The zero-order valence-electron chi connectivity index (χ0n) is 11.1. The number of aliphatic hydroxyl groups excluding tert-OH is 1. The van der Waals surface area contributed by atoms with Crippen LogP contribution >= 0.6 is 0 Å². The monoisotopic (exact) mass is 241 g/mol. The van der Waals surface area contributed by atoms with E-state index < -0.39 is 0 Å². The quantitative estimate of drug-likeness (QED) is 0.889. The van der Waals surface area contributed by atoms with Crippen molar-refractivity contribution in [3.05, 3.63) is 53.2 Å². The highest BCUT2D eigenvalue weighted by Gasteiger charge is 2.07. The first kappa shape index (κ1) is 12.8. The lowest BCUT2D eigenvalue weighted by molar-refractivity contribution is 0.282. The van der Waals surface area contributed by atoms with E-state index in [1.54, 1.807) is 0 Å². The fourth-order valence-electron chi connectivity index (χ4n) is 2.01. The number of aryl methyl sites for hydroxylation is 1. The fraction of sp³-hybridized carbons (Fsp3) is 0.312. The molecule has 0 spiro atoms. The number of rotatable bonds is 3. The van der Waals surface area contributed by atoms with Crippen molar-refractivity contribution in [2.24, 2.45) is 0 Å². The molecule has 0 amide bonds. The first-order valence-corrected chi connectivity index (χ1v) is 6.28. The van der Waals surface area contributed by atoms with Crippen LogP contribution in [0.3, 0.4) is 0 Å². The molecule has 18 heavy (non-hydrogen) atoms. The molecule has 0 saturated heterocycles. The Hall–Kier alpha value is -1.67. The van der Waals surface area contributed by atoms with Crippen LogP contribution in [0.25, 0.3) is 11.3 Å². The lowest BCUT2D eigenvalue weighted by Crippen LogP contribution is -1.94. The van der Waals surface area contributed by atoms with E-state index in [1.807, 2.05) is 37.4 Å². The van der Waals surface area contributed by atoms with Gasteiger partial charge in [-0.3, -0.25) is 4.98 Å². The topological polar surface area (TPSA) is 33.1 Å². The van der Waals surface area contributed by atoms with E-state index >= 15 is 0 Å². The van der Waals surface area contributed by atoms with Gasteiger partial charge in [0.25, 0.3) is 0 Å². The molecule has 1 N–H and O–H groups in total. The highest BCUT2D eigenvalue weighted by molar-refractivity contribution is 5.64. The van der Waals surface area contributed by atoms with Crippen LogP contribution in [0.1, 0.15) is 36.5 Å². The maximum absolute atomic E-state index is 9.42. The summed E-state index contributed by atoms with van der Waals surface area (Å²) >= 11 is 0. The Labute approximate surface area is 108 Å². The van der Waals surface area contributed by atoms with Crippen molar-refractivity contribution in [3.63, 3.8) is 0 Å². The Morgan fingerprint density at radius 2 is 1.94 bits per heavy atom. The van der Waals surface area contributed by atoms with Gasteiger partial charge >= 0.3 is 0 Å². The summed E-state index contributed by atoms with van der Waals surface area (Å²) in [4.78, 5) is 4.50. The van der Waals surface area contributed by atoms with Crippen molar-refractivity contribution in [3.8, 4) is 11.3 Å². The summed E-state index contributed by atoms with van der Waals surface area (Å²) in [7, 11) is 0. The SMILES string of the molecule is Cc1ccc(-c2ccc(C(C)C)cn2)c(CO)c1. The minimum absolute atomic E-state index is 0.0463. The van der Waals surface area contributed by atoms with Gasteiger partial charge in [0.1, 0.15) is 0 Å². The van der Waals surface area contributed by atoms with Gasteiger partial charge in [-0.15, -0.1) is 0 Å². The molecule has 1 aromatic heterocycles. The third kappa shape index (κ3) is 2.59. The average Bonchev–Trinajstić information content (AvgIpc) is 2.38. The zero-order valence-corrected chi connectivity index (χ0v) is 11.1. The van der Waals surface area contributed by atoms with Gasteiger partial charge in [0.05, 0.1) is 12.3 Å². The van der Waals surface area contributed by atoms with Crippen LogP contribution in [0.15, 0.2) is 36.5 Å². The van der Waals surface area contributed by atoms with Crippen molar-refractivity contribution >= 4 is 0 Å². The number of nitrogens with zero attached hydrogens (tertiary/aromatic N) is 1. The van der Waals surface area contributed by atoms with Gasteiger partial charge in [-0.1, -0.05) is 43.7 Å². The highest BCUT2D eigenvalue weighted by Crippen LogP contribution is 2.24. The molecule has 0 bridgehead atoms. The van der Waals surface area contributed by atoms with Crippen LogP contribution < -0.4 is 0 Å². The van der Waals surface area contributed by atoms with E-state index in [9.17, 15) is 5.11 Å². The Morgan fingerprint density at radius 3 is 2.50 bits per heavy atom. The summed E-state index contributed by atoms with van der Waals surface area (Å²) in [5, 5.41) is 9.42. The number of pyridine rings is 1. The van der Waals surface area contributed by atoms with Gasteiger partial charge in [-0.25, -0.2) is 0 Å². The Balaban J connectivity index is 2.42. The molecule has 1 aromatic carbocycles. The molecule has 0 aliphatic heterocycles. The first-order valence-electron chi connectivity index (χ1n) is 6.28. The van der Waals surface area contributed by atoms with E-state index in [4.69, 9.17) is 0 Å². The van der Waals surface area contributed by atoms with E-state index in [-0.39, 0.29) is 6.61 Å². The standard InChI is InChI=1S/C16H19NO/c1-11(2)13-5-7-16(17-9-13)15-6-4-12(3)8-14(15)10-18/h4-9,11,18H,10H2,1-3H3. The van der Waals surface area contributed by atoms with Crippen LogP contribution in [0, 0.1) is 6.92 Å². The molecular formula is C16H19NO. The Kier molecular flexibility index (Phi) is 3.78. The number of benzene rings is 1. The molecule has 0 atom stereocenters. The maximum atomic E-state index is 9.42. The number of aliphatic hydroxyl groups is 1. The number of hydrogen-bond donors (Lipinski definition) is 1. The minimum Gasteiger partial charge on any atom is -0.392 e. The first-order chi connectivity index (χ1) is 8.61. The number of hydrogen-bond acceptors (Lipinski definition) is 2. The third-order valence-corrected chi connectivity index (χ3v) is 3.16. The van der Waals surface area contributed by atoms with Gasteiger partial charge < -0.3 is 5.11 Å². The van der Waals surface area contributed by atoms with Crippen LogP contribution in [0.4, 0.5) is 0 Å². The summed E-state index contributed by atoms with van der Waals surface area (Å²) in [6.45, 7) is 6.38. The molecule has 1 heterocycles. The summed E-state index contributed by atoms with van der Waals surface area (Å²) in [6.07, 6.45) is 1.92. The van der Waals surface area contributed by atoms with E-state index in [2.05, 4.69) is 24.9 Å². The molecule has 2 rings (SSSR count). The maximum Gasteiger partial charge on any atom is 0.0705 e. The van der Waals surface area contributed by atoms with Crippen molar-refractivity contribution in [2.75, 3.05) is 0 Å². The summed E-state index contributed by atoms with van der Waals surface area (Å²) < 4.78 is 0. The highest BCUT2D eigenvalue weighted by atomic mass is 16.3. The molecular weight excluding hydrogens is 222 g/mol.